The largest absolute Gasteiger partial charge is 0.506 e. The summed E-state index contributed by atoms with van der Waals surface area (Å²) in [6.07, 6.45) is 0. The molecule has 8 N–H and O–H groups in total. The first-order chi connectivity index (χ1) is 21.6. The number of aliphatic hydroxyl groups is 1. The van der Waals surface area contributed by atoms with Crippen molar-refractivity contribution in [2.45, 2.75) is 27.5 Å². The third kappa shape index (κ3) is 7.22. The average Bonchev–Trinajstić information content (AvgIpc) is 3.20. The van der Waals surface area contributed by atoms with Gasteiger partial charge >= 0.3 is 17.9 Å². The number of hydrogen-bond acceptors (Lipinski definition) is 15. The molecule has 47 heavy (non-hydrogen) atoms. The summed E-state index contributed by atoms with van der Waals surface area (Å²) in [6.45, 7) is -3.59. The molecule has 1 heterocycles. The summed E-state index contributed by atoms with van der Waals surface area (Å²) in [5.41, 5.74) is -4.98. The fraction of sp³-hybridized carbons (Fsp3) is 0.360. The van der Waals surface area contributed by atoms with Crippen LogP contribution in [0.2, 0.25) is 0 Å². The van der Waals surface area contributed by atoms with Gasteiger partial charge < -0.3 is 40.1 Å². The number of aliphatic carboxylic acids is 3. The van der Waals surface area contributed by atoms with Gasteiger partial charge in [-0.25, -0.2) is 0 Å². The van der Waals surface area contributed by atoms with Crippen molar-refractivity contribution in [2.75, 3.05) is 40.4 Å². The van der Waals surface area contributed by atoms with E-state index < -0.39 is 126 Å². The normalized spacial score (nSPS) is 19.4. The molecule has 3 atom stereocenters. The SMILES string of the molecule is COc1cc(C(C(=O)O)N(CCN2CC(=O)C(O)(c3cc(OC)cc(S(=O)(=O)O)c3O)C2C(=O)O)CC(=O)O)c(O)c(S(=O)(=O)O)c1. The number of benzene rings is 2. The second kappa shape index (κ2) is 13.3. The van der Waals surface area contributed by atoms with Crippen LogP contribution in [0.4, 0.5) is 0 Å². The van der Waals surface area contributed by atoms with Gasteiger partial charge in [0, 0.05) is 36.3 Å². The minimum atomic E-state index is -5.23. The smallest absolute Gasteiger partial charge is 0.325 e. The molecule has 0 radical (unpaired) electrons. The number of phenols is 2. The summed E-state index contributed by atoms with van der Waals surface area (Å²) >= 11 is 0. The van der Waals surface area contributed by atoms with Gasteiger partial charge in [-0.2, -0.15) is 16.8 Å². The highest BCUT2D eigenvalue weighted by Gasteiger charge is 2.59. The molecule has 20 nitrogen and oxygen atoms in total. The molecule has 0 spiro atoms. The first-order valence-electron chi connectivity index (χ1n) is 12.8. The number of Topliss-reactive ketones (excluding diaryl/α,β-unsaturated/α-hetero) is 1. The van der Waals surface area contributed by atoms with Crippen molar-refractivity contribution in [2.24, 2.45) is 0 Å². The van der Waals surface area contributed by atoms with Crippen LogP contribution >= 0.6 is 0 Å². The molecule has 1 saturated heterocycles. The number of ether oxygens (including phenoxy) is 2. The van der Waals surface area contributed by atoms with Gasteiger partial charge in [0.2, 0.25) is 0 Å². The molecule has 22 heteroatoms. The molecule has 3 unspecified atom stereocenters. The van der Waals surface area contributed by atoms with E-state index in [9.17, 15) is 75.8 Å². The number of carboxylic acids is 3. The monoisotopic (exact) mass is 708 g/mol. The predicted molar refractivity (Wildman–Crippen MR) is 150 cm³/mol. The minimum Gasteiger partial charge on any atom is -0.506 e. The lowest BCUT2D eigenvalue weighted by Gasteiger charge is -2.33. The number of hydrogen-bond donors (Lipinski definition) is 8. The number of aromatic hydroxyl groups is 2. The highest BCUT2D eigenvalue weighted by atomic mass is 32.2. The van der Waals surface area contributed by atoms with Crippen molar-refractivity contribution < 1.29 is 85.2 Å². The Morgan fingerprint density at radius 2 is 1.45 bits per heavy atom. The quantitative estimate of drug-likeness (QED) is 0.102. The van der Waals surface area contributed by atoms with Crippen molar-refractivity contribution in [1.82, 2.24) is 9.80 Å². The van der Waals surface area contributed by atoms with Crippen molar-refractivity contribution >= 4 is 43.9 Å². The fourth-order valence-electron chi connectivity index (χ4n) is 5.18. The fourth-order valence-corrected chi connectivity index (χ4v) is 6.43. The summed E-state index contributed by atoms with van der Waals surface area (Å²) in [4.78, 5) is 48.8. The molecule has 1 fully saturated rings. The van der Waals surface area contributed by atoms with Gasteiger partial charge in [0.05, 0.1) is 27.3 Å². The zero-order valence-electron chi connectivity index (χ0n) is 24.2. The van der Waals surface area contributed by atoms with Gasteiger partial charge in [-0.05, 0) is 12.1 Å². The third-order valence-corrected chi connectivity index (χ3v) is 8.97. The number of ketones is 1. The number of rotatable bonds is 14. The lowest BCUT2D eigenvalue weighted by atomic mass is 9.84. The Labute approximate surface area is 265 Å². The van der Waals surface area contributed by atoms with E-state index in [2.05, 4.69) is 0 Å². The first kappa shape index (κ1) is 36.9. The number of nitrogens with zero attached hydrogens (tertiary/aromatic N) is 2. The molecule has 0 bridgehead atoms. The summed E-state index contributed by atoms with van der Waals surface area (Å²) < 4.78 is 76.3. The Balaban J connectivity index is 2.13. The molecule has 0 amide bonds. The van der Waals surface area contributed by atoms with E-state index in [4.69, 9.17) is 9.47 Å². The molecule has 0 aromatic heterocycles. The Kier molecular flexibility index (Phi) is 10.4. The van der Waals surface area contributed by atoms with Crippen molar-refractivity contribution in [1.29, 1.82) is 0 Å². The summed E-state index contributed by atoms with van der Waals surface area (Å²) in [5, 5.41) is 62.4. The second-order valence-electron chi connectivity index (χ2n) is 10.0. The van der Waals surface area contributed by atoms with Crippen LogP contribution in [0.5, 0.6) is 23.0 Å². The van der Waals surface area contributed by atoms with Crippen LogP contribution < -0.4 is 9.47 Å². The van der Waals surface area contributed by atoms with E-state index in [-0.39, 0.29) is 5.75 Å². The van der Waals surface area contributed by atoms with Gasteiger partial charge in [0.15, 0.2) is 11.4 Å². The van der Waals surface area contributed by atoms with Gasteiger partial charge in [-0.15, -0.1) is 0 Å². The van der Waals surface area contributed by atoms with Gasteiger partial charge in [-0.3, -0.25) is 38.1 Å². The van der Waals surface area contributed by atoms with Gasteiger partial charge in [0.25, 0.3) is 20.2 Å². The lowest BCUT2D eigenvalue weighted by molar-refractivity contribution is -0.155. The number of likely N-dealkylation sites (tertiary alicyclic amines) is 1. The third-order valence-electron chi connectivity index (χ3n) is 7.24. The average molecular weight is 709 g/mol. The minimum absolute atomic E-state index is 0.379. The van der Waals surface area contributed by atoms with E-state index in [1.54, 1.807) is 0 Å². The van der Waals surface area contributed by atoms with E-state index in [1.807, 2.05) is 0 Å². The highest BCUT2D eigenvalue weighted by Crippen LogP contribution is 2.44. The predicted octanol–water partition coefficient (Wildman–Crippen LogP) is -1.65. The Bertz CT molecular complexity index is 1840. The summed E-state index contributed by atoms with van der Waals surface area (Å²) in [6, 6.07) is -1.67. The van der Waals surface area contributed by atoms with Crippen molar-refractivity contribution in [3.05, 3.63) is 35.4 Å². The molecule has 0 aliphatic carbocycles. The van der Waals surface area contributed by atoms with Crippen LogP contribution in [-0.2, 0) is 45.0 Å². The topological polar surface area (TPSA) is 323 Å². The maximum absolute atomic E-state index is 13.2. The molecule has 0 saturated carbocycles. The molecular formula is C25H28N2O18S2. The lowest BCUT2D eigenvalue weighted by Crippen LogP contribution is -2.52. The van der Waals surface area contributed by atoms with E-state index in [1.165, 1.54) is 0 Å². The molecule has 1 aliphatic rings. The highest BCUT2D eigenvalue weighted by molar-refractivity contribution is 7.86. The van der Waals surface area contributed by atoms with Crippen molar-refractivity contribution in [3.8, 4) is 23.0 Å². The molecule has 3 rings (SSSR count). The zero-order chi connectivity index (χ0) is 35.8. The number of methoxy groups -OCH3 is 2. The number of carbonyl (C=O) groups is 4. The standard InChI is InChI=1S/C25H28N2O18S2/c1-44-11-5-13(20(31)15(7-11)46(38,39)40)19(23(33)34)26(10-18(29)30)3-4-27-9-17(28)25(37,22(27)24(35)36)14-6-12(45-2)8-16(21(14)32)47(41,42)43/h5-8,19,22,31-32,37H,3-4,9-10H2,1-2H3,(H,29,30)(H,33,34)(H,35,36)(H,38,39,40)(H,41,42,43). The van der Waals surface area contributed by atoms with E-state index in [0.717, 1.165) is 31.3 Å². The Morgan fingerprint density at radius 1 is 0.936 bits per heavy atom. The number of carboxylic acid groups (broad SMARTS) is 3. The van der Waals surface area contributed by atoms with Crippen LogP contribution in [0, 0.1) is 0 Å². The maximum atomic E-state index is 13.2. The van der Waals surface area contributed by atoms with Gasteiger partial charge in [-0.1, -0.05) is 0 Å². The van der Waals surface area contributed by atoms with Crippen LogP contribution in [0.3, 0.4) is 0 Å². The Morgan fingerprint density at radius 3 is 1.89 bits per heavy atom. The van der Waals surface area contributed by atoms with Crippen LogP contribution in [-0.4, -0.2) is 137 Å². The van der Waals surface area contributed by atoms with Crippen LogP contribution in [0.15, 0.2) is 34.1 Å². The molecular weight excluding hydrogens is 680 g/mol. The summed E-state index contributed by atoms with van der Waals surface area (Å²) in [7, 11) is -8.36. The second-order valence-corrected chi connectivity index (χ2v) is 12.8. The maximum Gasteiger partial charge on any atom is 0.325 e. The number of carbonyl (C=O) groups excluding carboxylic acids is 1. The molecule has 2 aromatic rings. The van der Waals surface area contributed by atoms with E-state index >= 15 is 0 Å². The number of phenolic OH excluding ortho intramolecular Hbond substituents is 2. The zero-order valence-corrected chi connectivity index (χ0v) is 25.8. The summed E-state index contributed by atoms with van der Waals surface area (Å²) in [5.74, 6) is -10.2. The van der Waals surface area contributed by atoms with Crippen LogP contribution in [0.1, 0.15) is 17.2 Å². The Hall–Kier alpha value is -4.58. The molecule has 2 aromatic carbocycles. The van der Waals surface area contributed by atoms with E-state index in [0.29, 0.717) is 17.0 Å². The van der Waals surface area contributed by atoms with Crippen molar-refractivity contribution in [3.63, 3.8) is 0 Å². The molecule has 1 aliphatic heterocycles. The molecule has 258 valence electrons. The van der Waals surface area contributed by atoms with Gasteiger partial charge in [0.1, 0.15) is 44.9 Å². The first-order valence-corrected chi connectivity index (χ1v) is 15.7. The van der Waals surface area contributed by atoms with Crippen LogP contribution in [0.25, 0.3) is 0 Å².